The van der Waals surface area contributed by atoms with Crippen molar-refractivity contribution in [3.63, 3.8) is 0 Å². The van der Waals surface area contributed by atoms with Crippen molar-refractivity contribution in [2.45, 2.75) is 31.8 Å². The minimum Gasteiger partial charge on any atom is -0.480 e. The number of aliphatic hydroxyl groups excluding tert-OH is 1. The molecule has 0 saturated carbocycles. The average molecular weight is 331 g/mol. The van der Waals surface area contributed by atoms with Gasteiger partial charge in [0.25, 0.3) is 0 Å². The van der Waals surface area contributed by atoms with E-state index in [1.165, 1.54) is 7.11 Å². The number of aliphatic hydroxyl groups is 1. The molecule has 1 aliphatic rings. The fourth-order valence-corrected chi connectivity index (χ4v) is 3.02. The minimum absolute atomic E-state index is 0.0491. The molecule has 0 aliphatic heterocycles. The first-order valence-corrected chi connectivity index (χ1v) is 7.95. The van der Waals surface area contributed by atoms with Gasteiger partial charge in [-0.15, -0.1) is 0 Å². The normalized spacial score (nSPS) is 16.3. The Labute approximate surface area is 139 Å². The van der Waals surface area contributed by atoms with Gasteiger partial charge in [-0.2, -0.15) is 5.10 Å². The van der Waals surface area contributed by atoms with Gasteiger partial charge in [-0.1, -0.05) is 0 Å². The highest BCUT2D eigenvalue weighted by Gasteiger charge is 2.25. The maximum Gasteiger partial charge on any atom is 0.319 e. The van der Waals surface area contributed by atoms with Crippen molar-refractivity contribution in [1.29, 1.82) is 0 Å². The van der Waals surface area contributed by atoms with Crippen LogP contribution in [0.3, 0.4) is 0 Å². The van der Waals surface area contributed by atoms with Gasteiger partial charge < -0.3 is 20.5 Å². The van der Waals surface area contributed by atoms with Gasteiger partial charge in [0.05, 0.1) is 32.5 Å². The monoisotopic (exact) mass is 331 g/mol. The second kappa shape index (κ2) is 7.31. The molecule has 1 atom stereocenters. The van der Waals surface area contributed by atoms with E-state index < -0.39 is 0 Å². The molecule has 2 aromatic heterocycles. The molecular weight excluding hydrogens is 310 g/mol. The number of hydrogen-bond acceptors (Lipinski definition) is 5. The number of hydrogen-bond donors (Lipinski definition) is 3. The van der Waals surface area contributed by atoms with Gasteiger partial charge in [-0.25, -0.2) is 9.78 Å². The summed E-state index contributed by atoms with van der Waals surface area (Å²) in [6, 6.07) is 3.06. The fraction of sp³-hybridized carbons (Fsp3) is 0.438. The molecule has 128 valence electrons. The van der Waals surface area contributed by atoms with E-state index in [4.69, 9.17) is 9.84 Å². The first-order chi connectivity index (χ1) is 11.7. The molecule has 0 unspecified atom stereocenters. The molecule has 0 bridgehead atoms. The number of pyridine rings is 1. The minimum atomic E-state index is -0.311. The van der Waals surface area contributed by atoms with E-state index in [2.05, 4.69) is 20.7 Å². The Balaban J connectivity index is 1.70. The Hall–Kier alpha value is -2.61. The maximum absolute atomic E-state index is 12.3. The number of nitrogens with one attached hydrogen (secondary N) is 2. The van der Waals surface area contributed by atoms with Crippen LogP contribution in [0.5, 0.6) is 5.88 Å². The number of urea groups is 1. The number of fused-ring (bicyclic) bond motifs is 1. The Morgan fingerprint density at radius 1 is 1.54 bits per heavy atom. The number of carbonyl (C=O) groups excluding carboxylic acids is 1. The molecule has 0 radical (unpaired) electrons. The molecule has 24 heavy (non-hydrogen) atoms. The third kappa shape index (κ3) is 3.33. The van der Waals surface area contributed by atoms with Gasteiger partial charge in [0.1, 0.15) is 5.69 Å². The fourth-order valence-electron chi connectivity index (χ4n) is 3.02. The van der Waals surface area contributed by atoms with E-state index in [9.17, 15) is 4.79 Å². The molecule has 0 spiro atoms. The molecule has 0 fully saturated rings. The van der Waals surface area contributed by atoms with Crippen molar-refractivity contribution >= 4 is 11.7 Å². The lowest BCUT2D eigenvalue weighted by molar-refractivity contribution is 0.246. The predicted octanol–water partition coefficient (Wildman–Crippen LogP) is 1.48. The quantitative estimate of drug-likeness (QED) is 0.770. The van der Waals surface area contributed by atoms with Gasteiger partial charge in [0.15, 0.2) is 0 Å². The standard InChI is InChI=1S/C16H21N5O3/c1-24-15-13(5-3-7-17-15)20-16(23)19-12-4-2-6-14-11(12)10-18-21(14)8-9-22/h3,5,7,10,12,22H,2,4,6,8-9H2,1H3,(H2,19,20,23)/t12-/m0/s1. The number of nitrogens with zero attached hydrogens (tertiary/aromatic N) is 3. The molecule has 0 saturated heterocycles. The van der Waals surface area contributed by atoms with Crippen molar-refractivity contribution in [2.24, 2.45) is 0 Å². The van der Waals surface area contributed by atoms with Crippen molar-refractivity contribution in [3.05, 3.63) is 35.8 Å². The molecule has 2 aromatic rings. The van der Waals surface area contributed by atoms with Crippen LogP contribution in [-0.4, -0.2) is 39.6 Å². The summed E-state index contributed by atoms with van der Waals surface area (Å²) < 4.78 is 6.94. The molecule has 1 aliphatic carbocycles. The lowest BCUT2D eigenvalue weighted by Gasteiger charge is -2.24. The molecule has 8 nitrogen and oxygen atoms in total. The van der Waals surface area contributed by atoms with E-state index >= 15 is 0 Å². The van der Waals surface area contributed by atoms with E-state index in [1.54, 1.807) is 24.5 Å². The molecular formula is C16H21N5O3. The Bertz CT molecular complexity index is 715. The summed E-state index contributed by atoms with van der Waals surface area (Å²) in [5, 5.41) is 19.2. The van der Waals surface area contributed by atoms with Gasteiger partial charge in [-0.05, 0) is 31.4 Å². The van der Waals surface area contributed by atoms with Crippen LogP contribution in [-0.2, 0) is 13.0 Å². The predicted molar refractivity (Wildman–Crippen MR) is 87.9 cm³/mol. The van der Waals surface area contributed by atoms with E-state index in [-0.39, 0.29) is 18.7 Å². The summed E-state index contributed by atoms with van der Waals surface area (Å²) in [5.74, 6) is 0.368. The van der Waals surface area contributed by atoms with Crippen LogP contribution in [0.25, 0.3) is 0 Å². The number of rotatable bonds is 5. The Morgan fingerprint density at radius 2 is 2.42 bits per heavy atom. The maximum atomic E-state index is 12.3. The van der Waals surface area contributed by atoms with Gasteiger partial charge >= 0.3 is 6.03 Å². The van der Waals surface area contributed by atoms with Crippen LogP contribution in [0.1, 0.15) is 30.1 Å². The van der Waals surface area contributed by atoms with E-state index in [0.29, 0.717) is 18.1 Å². The Morgan fingerprint density at radius 3 is 3.21 bits per heavy atom. The molecule has 2 heterocycles. The van der Waals surface area contributed by atoms with Crippen molar-refractivity contribution in [2.75, 3.05) is 19.0 Å². The van der Waals surface area contributed by atoms with Crippen LogP contribution in [0.15, 0.2) is 24.5 Å². The molecule has 3 rings (SSSR count). The summed E-state index contributed by atoms with van der Waals surface area (Å²) in [7, 11) is 1.51. The van der Waals surface area contributed by atoms with Crippen LogP contribution in [0.2, 0.25) is 0 Å². The zero-order chi connectivity index (χ0) is 16.9. The zero-order valence-corrected chi connectivity index (χ0v) is 13.5. The van der Waals surface area contributed by atoms with Crippen molar-refractivity contribution < 1.29 is 14.6 Å². The van der Waals surface area contributed by atoms with Crippen molar-refractivity contribution in [1.82, 2.24) is 20.1 Å². The van der Waals surface area contributed by atoms with Crippen LogP contribution >= 0.6 is 0 Å². The molecule has 3 N–H and O–H groups in total. The summed E-state index contributed by atoms with van der Waals surface area (Å²) >= 11 is 0. The first-order valence-electron chi connectivity index (χ1n) is 7.95. The van der Waals surface area contributed by atoms with Crippen LogP contribution in [0, 0.1) is 0 Å². The highest BCUT2D eigenvalue weighted by Crippen LogP contribution is 2.30. The second-order valence-electron chi connectivity index (χ2n) is 5.60. The van der Waals surface area contributed by atoms with Gasteiger partial charge in [0, 0.05) is 17.5 Å². The third-order valence-electron chi connectivity index (χ3n) is 4.09. The van der Waals surface area contributed by atoms with Gasteiger partial charge in [0.2, 0.25) is 5.88 Å². The molecule has 0 aromatic carbocycles. The summed E-state index contributed by atoms with van der Waals surface area (Å²) in [6.07, 6.45) is 6.11. The number of methoxy groups -OCH3 is 1. The third-order valence-corrected chi connectivity index (χ3v) is 4.09. The van der Waals surface area contributed by atoms with Gasteiger partial charge in [-0.3, -0.25) is 4.68 Å². The summed E-state index contributed by atoms with van der Waals surface area (Å²) in [5.41, 5.74) is 2.62. The Kier molecular flexibility index (Phi) is 4.95. The smallest absolute Gasteiger partial charge is 0.319 e. The number of ether oxygens (including phenoxy) is 1. The summed E-state index contributed by atoms with van der Waals surface area (Å²) in [4.78, 5) is 16.4. The van der Waals surface area contributed by atoms with Crippen molar-refractivity contribution in [3.8, 4) is 5.88 Å². The number of amides is 2. The first kappa shape index (κ1) is 16.3. The zero-order valence-electron chi connectivity index (χ0n) is 13.5. The summed E-state index contributed by atoms with van der Waals surface area (Å²) in [6.45, 7) is 0.522. The molecule has 2 amide bonds. The second-order valence-corrected chi connectivity index (χ2v) is 5.60. The lowest BCUT2D eigenvalue weighted by atomic mass is 9.93. The number of carbonyl (C=O) groups is 1. The average Bonchev–Trinajstić information content (AvgIpc) is 3.00. The number of aromatic nitrogens is 3. The topological polar surface area (TPSA) is 101 Å². The largest absolute Gasteiger partial charge is 0.480 e. The molecule has 8 heteroatoms. The SMILES string of the molecule is COc1ncccc1NC(=O)N[C@H]1CCCc2c1cnn2CCO. The number of anilines is 1. The van der Waals surface area contributed by atoms with Crippen LogP contribution < -0.4 is 15.4 Å². The highest BCUT2D eigenvalue weighted by atomic mass is 16.5. The van der Waals surface area contributed by atoms with Crippen LogP contribution in [0.4, 0.5) is 10.5 Å². The highest BCUT2D eigenvalue weighted by molar-refractivity contribution is 5.90. The van der Waals surface area contributed by atoms with E-state index in [0.717, 1.165) is 30.5 Å². The lowest BCUT2D eigenvalue weighted by Crippen LogP contribution is -2.34. The van der Waals surface area contributed by atoms with E-state index in [1.807, 2.05) is 4.68 Å².